The lowest BCUT2D eigenvalue weighted by molar-refractivity contribution is 0.123. The maximum Gasteiger partial charge on any atom is 0.264 e. The highest BCUT2D eigenvalue weighted by atomic mass is 32.2. The van der Waals surface area contributed by atoms with Crippen LogP contribution in [-0.4, -0.2) is 41.4 Å². The topological polar surface area (TPSA) is 125 Å². The summed E-state index contributed by atoms with van der Waals surface area (Å²) in [4.78, 5) is 21.6. The first-order valence-corrected chi connectivity index (χ1v) is 12.7. The lowest BCUT2D eigenvalue weighted by Crippen LogP contribution is -2.39. The highest BCUT2D eigenvalue weighted by Crippen LogP contribution is 2.68. The van der Waals surface area contributed by atoms with Gasteiger partial charge in [-0.2, -0.15) is 4.98 Å². The summed E-state index contributed by atoms with van der Waals surface area (Å²) in [6.07, 6.45) is 0.415. The number of ether oxygens (including phenoxy) is 1. The third-order valence-corrected chi connectivity index (χ3v) is 8.38. The van der Waals surface area contributed by atoms with Crippen molar-refractivity contribution in [1.29, 1.82) is 0 Å². The van der Waals surface area contributed by atoms with E-state index in [0.717, 1.165) is 17.8 Å². The summed E-state index contributed by atoms with van der Waals surface area (Å²) in [5.74, 6) is -1.96. The van der Waals surface area contributed by atoms with Crippen molar-refractivity contribution in [3.8, 4) is 5.88 Å². The molecule has 1 aromatic carbocycles. The van der Waals surface area contributed by atoms with E-state index in [1.807, 2.05) is 0 Å². The molecule has 0 spiro atoms. The molecular weight excluding hydrogens is 538 g/mol. The van der Waals surface area contributed by atoms with E-state index in [0.29, 0.717) is 28.1 Å². The van der Waals surface area contributed by atoms with Crippen LogP contribution in [0.2, 0.25) is 0 Å². The fourth-order valence-electron chi connectivity index (χ4n) is 5.13. The Morgan fingerprint density at radius 1 is 1.23 bits per heavy atom. The summed E-state index contributed by atoms with van der Waals surface area (Å²) in [6.45, 7) is 3.22. The number of thioether (sulfide) groups is 1. The molecule has 2 aliphatic rings. The Morgan fingerprint density at radius 2 is 2.05 bits per heavy atom. The van der Waals surface area contributed by atoms with E-state index in [1.165, 1.54) is 25.4 Å². The van der Waals surface area contributed by atoms with Crippen LogP contribution in [-0.2, 0) is 18.6 Å². The van der Waals surface area contributed by atoms with Crippen LogP contribution in [0.15, 0.2) is 40.1 Å². The number of aliphatic imine (C=N–C) groups is 1. The molecule has 0 bridgehead atoms. The number of aryl methyl sites for hydroxylation is 1. The number of amidine groups is 1. The molecule has 1 aliphatic heterocycles. The summed E-state index contributed by atoms with van der Waals surface area (Å²) in [5, 5.41) is 3.62. The Hall–Kier alpha value is -3.81. The molecule has 0 amide bonds. The predicted molar refractivity (Wildman–Crippen MR) is 133 cm³/mol. The van der Waals surface area contributed by atoms with Crippen molar-refractivity contribution in [1.82, 2.24) is 25.1 Å². The Balaban J connectivity index is 1.30. The second-order valence-electron chi connectivity index (χ2n) is 9.69. The molecule has 39 heavy (non-hydrogen) atoms. The SMILES string of the molecule is Cc1noc(COc2cnc3c(Cc4cc(F)c(F)c([C@@]5(C)N=C(N)S[C@@]6(C(F)F)C[C@@H]56)c4)nccc3n2)n1. The summed E-state index contributed by atoms with van der Waals surface area (Å²) >= 11 is 0.805. The zero-order valence-corrected chi connectivity index (χ0v) is 21.5. The van der Waals surface area contributed by atoms with Gasteiger partial charge in [-0.1, -0.05) is 16.9 Å². The van der Waals surface area contributed by atoms with Crippen molar-refractivity contribution < 1.29 is 26.8 Å². The second kappa shape index (κ2) is 9.14. The summed E-state index contributed by atoms with van der Waals surface area (Å²) in [7, 11) is 0. The van der Waals surface area contributed by atoms with Gasteiger partial charge in [0.2, 0.25) is 5.88 Å². The minimum absolute atomic E-state index is 0.00864. The molecule has 6 rings (SSSR count). The van der Waals surface area contributed by atoms with Gasteiger partial charge in [0.15, 0.2) is 29.2 Å². The van der Waals surface area contributed by atoms with Crippen LogP contribution in [0.1, 0.15) is 41.9 Å². The highest BCUT2D eigenvalue weighted by Gasteiger charge is 2.71. The fraction of sp³-hybridized carbons (Fsp3) is 0.360. The number of halogens is 4. The van der Waals surface area contributed by atoms with E-state index in [4.69, 9.17) is 15.0 Å². The average Bonchev–Trinajstić information content (AvgIpc) is 3.51. The number of benzene rings is 1. The molecule has 202 valence electrons. The summed E-state index contributed by atoms with van der Waals surface area (Å²) < 4.78 is 66.9. The number of aromatic nitrogens is 5. The maximum absolute atomic E-state index is 15.1. The first-order valence-electron chi connectivity index (χ1n) is 11.9. The monoisotopic (exact) mass is 559 g/mol. The van der Waals surface area contributed by atoms with Gasteiger partial charge in [0.05, 0.1) is 27.7 Å². The molecule has 9 nitrogen and oxygen atoms in total. The molecule has 0 saturated heterocycles. The number of fused-ring (bicyclic) bond motifs is 2. The van der Waals surface area contributed by atoms with Crippen LogP contribution in [0.3, 0.4) is 0 Å². The second-order valence-corrected chi connectivity index (χ2v) is 11.1. The zero-order chi connectivity index (χ0) is 27.5. The van der Waals surface area contributed by atoms with Crippen LogP contribution in [0.4, 0.5) is 17.6 Å². The zero-order valence-electron chi connectivity index (χ0n) is 20.7. The molecule has 4 heterocycles. The van der Waals surface area contributed by atoms with Crippen molar-refractivity contribution in [2.75, 3.05) is 0 Å². The molecule has 14 heteroatoms. The third kappa shape index (κ3) is 4.36. The van der Waals surface area contributed by atoms with Crippen molar-refractivity contribution in [2.24, 2.45) is 16.6 Å². The van der Waals surface area contributed by atoms with E-state index >= 15 is 4.39 Å². The van der Waals surface area contributed by atoms with Crippen LogP contribution in [0, 0.1) is 24.5 Å². The average molecular weight is 560 g/mol. The number of pyridine rings is 1. The number of alkyl halides is 2. The molecule has 1 aliphatic carbocycles. The largest absolute Gasteiger partial charge is 0.466 e. The molecule has 0 radical (unpaired) electrons. The smallest absolute Gasteiger partial charge is 0.264 e. The molecular formula is C25H21F4N7O2S. The van der Waals surface area contributed by atoms with E-state index in [2.05, 4.69) is 30.1 Å². The number of hydrogen-bond donors (Lipinski definition) is 1. The van der Waals surface area contributed by atoms with Gasteiger partial charge in [0, 0.05) is 24.1 Å². The fourth-order valence-corrected chi connectivity index (χ4v) is 6.47. The van der Waals surface area contributed by atoms with Crippen molar-refractivity contribution >= 4 is 28.0 Å². The van der Waals surface area contributed by atoms with Gasteiger partial charge < -0.3 is 15.0 Å². The summed E-state index contributed by atoms with van der Waals surface area (Å²) in [5.41, 5.74) is 6.05. The summed E-state index contributed by atoms with van der Waals surface area (Å²) in [6, 6.07) is 4.14. The lowest BCUT2D eigenvalue weighted by Gasteiger charge is -2.34. The minimum Gasteiger partial charge on any atom is -0.466 e. The van der Waals surface area contributed by atoms with Crippen LogP contribution in [0.5, 0.6) is 5.88 Å². The minimum atomic E-state index is -2.68. The number of nitrogens with two attached hydrogens (primary N) is 1. The quantitative estimate of drug-likeness (QED) is 0.327. The van der Waals surface area contributed by atoms with Crippen LogP contribution >= 0.6 is 11.8 Å². The van der Waals surface area contributed by atoms with E-state index < -0.39 is 34.3 Å². The lowest BCUT2D eigenvalue weighted by atomic mass is 9.84. The molecule has 1 fully saturated rings. The maximum atomic E-state index is 15.1. The molecule has 3 atom stereocenters. The van der Waals surface area contributed by atoms with E-state index in [-0.39, 0.29) is 42.0 Å². The number of nitrogens with zero attached hydrogens (tertiary/aromatic N) is 6. The van der Waals surface area contributed by atoms with Crippen LogP contribution < -0.4 is 10.5 Å². The van der Waals surface area contributed by atoms with Crippen LogP contribution in [0.25, 0.3) is 11.0 Å². The van der Waals surface area contributed by atoms with Gasteiger partial charge in [-0.15, -0.1) is 0 Å². The Bertz CT molecular complexity index is 1630. The van der Waals surface area contributed by atoms with Gasteiger partial charge in [-0.3, -0.25) is 9.98 Å². The van der Waals surface area contributed by atoms with Gasteiger partial charge in [-0.05, 0) is 44.0 Å². The Labute approximate surface area is 223 Å². The van der Waals surface area contributed by atoms with Gasteiger partial charge in [0.25, 0.3) is 12.3 Å². The molecule has 1 saturated carbocycles. The normalized spacial score (nSPS) is 24.1. The number of rotatable bonds is 7. The molecule has 4 aromatic rings. The van der Waals surface area contributed by atoms with Crippen molar-refractivity contribution in [3.05, 3.63) is 70.8 Å². The number of hydrogen-bond acceptors (Lipinski definition) is 10. The molecule has 0 unspecified atom stereocenters. The first-order chi connectivity index (χ1) is 18.6. The Morgan fingerprint density at radius 3 is 2.79 bits per heavy atom. The molecule has 3 aromatic heterocycles. The van der Waals surface area contributed by atoms with Gasteiger partial charge in [0.1, 0.15) is 5.52 Å². The third-order valence-electron chi connectivity index (χ3n) is 7.07. The molecule has 2 N–H and O–H groups in total. The van der Waals surface area contributed by atoms with Crippen molar-refractivity contribution in [2.45, 2.75) is 50.0 Å². The van der Waals surface area contributed by atoms with E-state index in [1.54, 1.807) is 13.0 Å². The van der Waals surface area contributed by atoms with Gasteiger partial charge in [-0.25, -0.2) is 27.5 Å². The predicted octanol–water partition coefficient (Wildman–Crippen LogP) is 4.46. The first kappa shape index (κ1) is 25.5. The Kier molecular flexibility index (Phi) is 5.97. The van der Waals surface area contributed by atoms with E-state index in [9.17, 15) is 13.2 Å². The highest BCUT2D eigenvalue weighted by molar-refractivity contribution is 8.15. The van der Waals surface area contributed by atoms with Gasteiger partial charge >= 0.3 is 0 Å². The van der Waals surface area contributed by atoms with Crippen molar-refractivity contribution in [3.63, 3.8) is 0 Å². The standard InChI is InChI=1S/C25H21F4N7O2S/c1-11-33-19(38-36-11)10-37-18-9-32-21-15(34-18)3-4-31-16(21)7-12-5-13(20(27)14(26)6-12)24(2)17-8-25(17,22(28)29)39-23(30)35-24/h3-6,9,17,22H,7-8,10H2,1-2H3,(H2,30,35)/t17-,24+,25-/m0/s1.